The van der Waals surface area contributed by atoms with Gasteiger partial charge in [-0.25, -0.2) is 69.6 Å². The molecule has 0 saturated carbocycles. The maximum absolute atomic E-state index is 13.9. The van der Waals surface area contributed by atoms with Gasteiger partial charge in [-0.3, -0.25) is 42.8 Å². The van der Waals surface area contributed by atoms with E-state index in [2.05, 4.69) is 70.3 Å². The molecule has 15 aromatic rings. The number of piperidine rings is 1. The van der Waals surface area contributed by atoms with Crippen LogP contribution >= 0.6 is 0 Å². The van der Waals surface area contributed by atoms with Crippen LogP contribution in [-0.2, 0) is 83.4 Å². The zero-order valence-corrected chi connectivity index (χ0v) is 81.4. The summed E-state index contributed by atoms with van der Waals surface area (Å²) in [6.07, 6.45) is 11.3. The highest BCUT2D eigenvalue weighted by Gasteiger charge is 2.34. The molecule has 10 heterocycles. The van der Waals surface area contributed by atoms with Crippen LogP contribution in [0.1, 0.15) is 133 Å². The van der Waals surface area contributed by atoms with Crippen molar-refractivity contribution in [3.05, 3.63) is 252 Å². The number of ether oxygens (including phenoxy) is 3. The second-order valence-electron chi connectivity index (χ2n) is 33.3. The molecule has 2 aliphatic rings. The molecule has 0 aliphatic carbocycles. The summed E-state index contributed by atoms with van der Waals surface area (Å²) < 4.78 is 111. The second-order valence-corrected chi connectivity index (χ2v) is 38.7. The summed E-state index contributed by atoms with van der Waals surface area (Å²) in [6.45, 7) is 14.5. The molecule has 2 fully saturated rings. The van der Waals surface area contributed by atoms with Gasteiger partial charge in [0.2, 0.25) is 42.0 Å². The summed E-state index contributed by atoms with van der Waals surface area (Å²) in [5, 5.41) is 18.9. The van der Waals surface area contributed by atoms with Crippen molar-refractivity contribution in [2.24, 2.45) is 21.1 Å². The fourth-order valence-electron chi connectivity index (χ4n) is 16.4. The molecule has 2 aliphatic heterocycles. The van der Waals surface area contributed by atoms with Gasteiger partial charge in [-0.2, -0.15) is 19.6 Å². The van der Waals surface area contributed by atoms with Gasteiger partial charge >= 0.3 is 0 Å². The van der Waals surface area contributed by atoms with Crippen molar-refractivity contribution in [1.29, 1.82) is 0 Å². The molecule has 0 spiro atoms. The highest BCUT2D eigenvalue weighted by Crippen LogP contribution is 2.37. The number of hydrogen-bond donors (Lipinski definition) is 10. The molecular weight excluding hydrogens is 1870 g/mol. The molecule has 0 unspecified atom stereocenters. The standard InChI is InChI=1S/C33H38N10O5S.C32H36N10O5S.C32H34N6O5S/c1-4-8-26-28-29(42(3)40-26)32(45)39-30(38-28)23-17-22(11-12-27(23)48-5-2)49(46,47)41-21-13-15-43(16-14-21)33-35-18-20(19-36-33)31(44)37-25-10-7-6-9-24(25)34;1-4-8-25-27-28(40(3)39-25)31(44)38-29(37-27)22-17-21(11-12-26(22)47-5-2)48(45,46)42-15-13-41(14-16-42)32-34-18-20(19-35-32)30(43)36-24-10-7-6-9-23(24)33;1-4-8-26-29-30(38(3)37-26)32(40)36-31(35-29)24-18-23(15-16-28(24)43-5-2)44(41,42)34-19-20-11-13-21(14-12-20)27(39)17-22-9-6-7-10-25(22)33/h6-7,9-12,17-19,21,41H,4-5,8,13-16,34H2,1-3H3,(H,37,44)(H,38,39,45);6-7,9-12,17-19H,4-5,8,13-16,33H2,1-3H3,(H,36,43)(H,37,38,44);6-7,9-16,18,34H,4-5,8,17,19,33H2,1-3H3,(H,35,36,40). The Kier molecular flexibility index (Phi) is 31.0. The van der Waals surface area contributed by atoms with E-state index in [-0.39, 0.29) is 104 Å². The van der Waals surface area contributed by atoms with E-state index in [1.165, 1.54) is 79.5 Å². The quantitative estimate of drug-likeness (QED) is 0.0135. The molecule has 13 N–H and O–H groups in total. The SMILES string of the molecule is CCCc1nn(C)c2c(=O)[nH]c(-c3cc(S(=O)(=O)N4CCN(c5ncc(C(=O)Nc6ccccc6N)cn5)CC4)ccc3OCC)nc12.CCCc1nn(C)c2c(=O)[nH]c(-c3cc(S(=O)(=O)NC4CCN(c5ncc(C(=O)Nc6ccccc6N)cn5)CC4)ccc3OCC)nc12.CCCc1nn(C)c2c(=O)[nH]c(-c3cc(S(=O)(=O)NCc4ccc(C(=O)Cc5ccccc5N)cc4)ccc3OCC)nc12. The Morgan fingerprint density at radius 1 is 0.440 bits per heavy atom. The molecule has 0 atom stereocenters. The zero-order valence-electron chi connectivity index (χ0n) is 79.0. The number of nitrogen functional groups attached to an aromatic ring is 3. The van der Waals surface area contributed by atoms with Crippen LogP contribution in [0.3, 0.4) is 0 Å². The van der Waals surface area contributed by atoms with Crippen molar-refractivity contribution in [3.63, 3.8) is 0 Å². The third-order valence-electron chi connectivity index (χ3n) is 23.5. The normalized spacial score (nSPS) is 13.2. The number of sulfonamides is 3. The molecule has 41 nitrogen and oxygen atoms in total. The lowest BCUT2D eigenvalue weighted by Gasteiger charge is -2.34. The molecule has 8 aromatic heterocycles. The van der Waals surface area contributed by atoms with Crippen LogP contribution in [0.2, 0.25) is 0 Å². The molecule has 2 amide bonds. The molecule has 0 bridgehead atoms. The van der Waals surface area contributed by atoms with Gasteiger partial charge in [0, 0.05) is 115 Å². The number of piperazine rings is 1. The van der Waals surface area contributed by atoms with Crippen LogP contribution in [0.4, 0.5) is 40.3 Å². The minimum Gasteiger partial charge on any atom is -0.493 e. The number of benzene rings is 7. The fraction of sp³-hybridized carbons (Fsp3) is 0.299. The number of aromatic amines is 3. The van der Waals surface area contributed by atoms with Crippen molar-refractivity contribution in [3.8, 4) is 51.4 Å². The van der Waals surface area contributed by atoms with E-state index in [0.29, 0.717) is 214 Å². The van der Waals surface area contributed by atoms with Crippen molar-refractivity contribution in [2.75, 3.05) is 96.7 Å². The van der Waals surface area contributed by atoms with Crippen molar-refractivity contribution >= 4 is 121 Å². The summed E-state index contributed by atoms with van der Waals surface area (Å²) in [4.78, 5) is 121. The van der Waals surface area contributed by atoms with Crippen LogP contribution in [0, 0.1) is 0 Å². The van der Waals surface area contributed by atoms with Crippen molar-refractivity contribution in [2.45, 2.75) is 127 Å². The third kappa shape index (κ3) is 22.6. The smallest absolute Gasteiger partial charge is 0.277 e. The number of carbonyl (C=O) groups is 3. The van der Waals surface area contributed by atoms with E-state index in [9.17, 15) is 54.0 Å². The third-order valence-corrected chi connectivity index (χ3v) is 28.3. The Labute approximate surface area is 811 Å². The lowest BCUT2D eigenvalue weighted by atomic mass is 10.0. The van der Waals surface area contributed by atoms with Gasteiger partial charge in [0.1, 0.15) is 51.3 Å². The van der Waals surface area contributed by atoms with E-state index in [4.69, 9.17) is 46.4 Å². The molecule has 0 radical (unpaired) electrons. The number of para-hydroxylation sites is 5. The number of nitrogens with zero attached hydrogens (tertiary/aromatic N) is 16. The first-order valence-corrected chi connectivity index (χ1v) is 50.3. The molecule has 141 heavy (non-hydrogen) atoms. The summed E-state index contributed by atoms with van der Waals surface area (Å²) >= 11 is 0. The number of anilines is 7. The van der Waals surface area contributed by atoms with Crippen LogP contribution in [0.15, 0.2) is 206 Å². The van der Waals surface area contributed by atoms with E-state index >= 15 is 0 Å². The number of aryl methyl sites for hydroxylation is 6. The van der Waals surface area contributed by atoms with Gasteiger partial charge in [0.05, 0.1) is 102 Å². The first kappa shape index (κ1) is 100.0. The average Bonchev–Trinajstić information content (AvgIpc) is 1.72. The summed E-state index contributed by atoms with van der Waals surface area (Å²) in [7, 11) is -6.79. The zero-order chi connectivity index (χ0) is 100. The number of aromatic nitrogens is 16. The Balaban J connectivity index is 0.000000160. The number of nitrogens with one attached hydrogen (secondary N) is 7. The predicted molar refractivity (Wildman–Crippen MR) is 537 cm³/mol. The van der Waals surface area contributed by atoms with Gasteiger partial charge in [0.15, 0.2) is 22.3 Å². The summed E-state index contributed by atoms with van der Waals surface area (Å²) in [5.41, 5.74) is 27.2. The molecular formula is C97H108N26O15S3. The summed E-state index contributed by atoms with van der Waals surface area (Å²) in [5.74, 6) is 1.72. The number of H-pyrrole nitrogens is 3. The van der Waals surface area contributed by atoms with E-state index < -0.39 is 36.0 Å². The Morgan fingerprint density at radius 2 is 0.816 bits per heavy atom. The minimum absolute atomic E-state index is 0.00207. The van der Waals surface area contributed by atoms with Crippen LogP contribution in [0.25, 0.3) is 67.3 Å². The highest BCUT2D eigenvalue weighted by molar-refractivity contribution is 7.90. The number of hydrogen-bond acceptors (Lipinski definition) is 30. The molecule has 734 valence electrons. The number of amides is 2. The van der Waals surface area contributed by atoms with Gasteiger partial charge < -0.3 is 66.8 Å². The van der Waals surface area contributed by atoms with Gasteiger partial charge in [-0.15, -0.1) is 0 Å². The Bertz CT molecular complexity index is 7730. The number of carbonyl (C=O) groups excluding carboxylic acids is 3. The fourth-order valence-corrected chi connectivity index (χ4v) is 20.2. The molecule has 44 heteroatoms. The Hall–Kier alpha value is -15.5. The maximum atomic E-state index is 13.9. The number of fused-ring (bicyclic) bond motifs is 3. The topological polar surface area (TPSA) is 559 Å². The van der Waals surface area contributed by atoms with Crippen LogP contribution in [0.5, 0.6) is 17.2 Å². The maximum Gasteiger partial charge on any atom is 0.277 e. The van der Waals surface area contributed by atoms with E-state index in [1.807, 2.05) is 69.5 Å². The van der Waals surface area contributed by atoms with E-state index in [1.54, 1.807) is 118 Å². The lowest BCUT2D eigenvalue weighted by molar-refractivity contribution is 0.0989. The second kappa shape index (κ2) is 43.7. The number of rotatable bonds is 33. The molecule has 7 aromatic carbocycles. The first-order valence-electron chi connectivity index (χ1n) is 45.9. The van der Waals surface area contributed by atoms with Crippen molar-refractivity contribution in [1.82, 2.24) is 92.9 Å². The molecule has 17 rings (SSSR count). The Morgan fingerprint density at radius 3 is 1.21 bits per heavy atom. The van der Waals surface area contributed by atoms with Gasteiger partial charge in [-0.1, -0.05) is 107 Å². The van der Waals surface area contributed by atoms with Gasteiger partial charge in [-0.05, 0) is 149 Å². The monoisotopic (exact) mass is 1970 g/mol. The first-order chi connectivity index (χ1) is 67.8. The van der Waals surface area contributed by atoms with Crippen molar-refractivity contribution < 1.29 is 53.8 Å². The average molecular weight is 1970 g/mol. The number of Topliss-reactive ketones (excluding diaryl/α,β-unsaturated/α-hetero) is 1. The van der Waals surface area contributed by atoms with E-state index in [0.717, 1.165) is 24.8 Å². The highest BCUT2D eigenvalue weighted by atomic mass is 32.2. The number of ketones is 1. The largest absolute Gasteiger partial charge is 0.493 e. The predicted octanol–water partition coefficient (Wildman–Crippen LogP) is 10.2. The van der Waals surface area contributed by atoms with Crippen LogP contribution in [-0.4, -0.2) is 191 Å². The van der Waals surface area contributed by atoms with Gasteiger partial charge in [0.25, 0.3) is 28.5 Å². The number of nitrogens with two attached hydrogens (primary N) is 3. The summed E-state index contributed by atoms with van der Waals surface area (Å²) in [6, 6.07) is 41.1. The molecule has 2 saturated heterocycles. The lowest BCUT2D eigenvalue weighted by Crippen LogP contribution is -2.49. The van der Waals surface area contributed by atoms with Crippen LogP contribution < -0.4 is 78.0 Å². The minimum atomic E-state index is -3.98.